The van der Waals surface area contributed by atoms with E-state index in [-0.39, 0.29) is 57.8 Å². The second kappa shape index (κ2) is 16.0. The highest BCUT2D eigenvalue weighted by Gasteiger charge is 2.40. The normalized spacial score (nSPS) is 23.4. The number of carbonyl (C=O) groups is 4. The van der Waals surface area contributed by atoms with Crippen molar-refractivity contribution in [3.8, 4) is 0 Å². The number of carbonyl (C=O) groups excluding carboxylic acids is 4. The van der Waals surface area contributed by atoms with Crippen LogP contribution < -0.4 is 16.0 Å². The van der Waals surface area contributed by atoms with E-state index in [1.807, 2.05) is 48.5 Å². The third-order valence-electron chi connectivity index (χ3n) is 6.95. The Labute approximate surface area is 275 Å². The van der Waals surface area contributed by atoms with Gasteiger partial charge in [0.05, 0.1) is 0 Å². The van der Waals surface area contributed by atoms with Crippen LogP contribution in [0.2, 0.25) is 0 Å². The maximum absolute atomic E-state index is 11.5. The average Bonchev–Trinajstić information content (AvgIpc) is 3.24. The van der Waals surface area contributed by atoms with Gasteiger partial charge in [0, 0.05) is 70.7 Å². The summed E-state index contributed by atoms with van der Waals surface area (Å²) < 4.78 is 6.21. The molecule has 0 atom stereocenters. The van der Waals surface area contributed by atoms with Crippen molar-refractivity contribution < 1.29 is 20.5 Å². The highest BCUT2D eigenvalue weighted by atomic mass is 35.5. The molecule has 3 amide bonds. The molecule has 0 aromatic heterocycles. The molecule has 4 rings (SSSR count). The van der Waals surface area contributed by atoms with Crippen LogP contribution >= 0.6 is 12.4 Å². The van der Waals surface area contributed by atoms with E-state index in [1.54, 1.807) is 11.8 Å². The smallest absolute Gasteiger partial charge is 0.253 e. The number of Topliss-reactive ketones (excluding diaryl/α,β-unsaturated/α-hetero) is 1. The summed E-state index contributed by atoms with van der Waals surface area (Å²) in [5.74, 6) is 0.395. The summed E-state index contributed by atoms with van der Waals surface area (Å²) in [4.78, 5) is 46.1. The maximum atomic E-state index is 11.5. The van der Waals surface area contributed by atoms with E-state index in [0.29, 0.717) is 42.2 Å². The summed E-state index contributed by atoms with van der Waals surface area (Å²) >= 11 is 0. The van der Waals surface area contributed by atoms with Gasteiger partial charge in [0.15, 0.2) is 0 Å². The van der Waals surface area contributed by atoms with Gasteiger partial charge < -0.3 is 20.9 Å². The summed E-state index contributed by atoms with van der Waals surface area (Å²) in [6.45, 7) is 39.2. The van der Waals surface area contributed by atoms with Crippen LogP contribution in [0.3, 0.4) is 0 Å². The molecule has 4 fully saturated rings. The molecule has 4 heterocycles. The molecule has 3 N–H and O–H groups in total. The van der Waals surface area contributed by atoms with Crippen LogP contribution in [-0.4, -0.2) is 56.1 Å². The first-order chi connectivity index (χ1) is 19.6. The van der Waals surface area contributed by atoms with Gasteiger partial charge in [-0.2, -0.15) is 0 Å². The Morgan fingerprint density at radius 1 is 0.682 bits per heavy atom. The number of hydrogen-bond acceptors (Lipinski definition) is 5. The number of rotatable bonds is 1. The minimum Gasteiger partial charge on any atom is -0.347 e. The van der Waals surface area contributed by atoms with Crippen molar-refractivity contribution in [2.75, 3.05) is 0 Å². The lowest BCUT2D eigenvalue weighted by molar-refractivity contribution is -0.126. The fourth-order valence-corrected chi connectivity index (χ4v) is 5.96. The van der Waals surface area contributed by atoms with Crippen molar-refractivity contribution in [1.29, 1.82) is 0 Å². The summed E-state index contributed by atoms with van der Waals surface area (Å²) in [6.07, 6.45) is 3.60. The molecule has 252 valence electrons. The Morgan fingerprint density at radius 3 is 1.16 bits per heavy atom. The van der Waals surface area contributed by atoms with Crippen molar-refractivity contribution in [1.82, 2.24) is 20.9 Å². The zero-order valence-electron chi connectivity index (χ0n) is 30.6. The van der Waals surface area contributed by atoms with Crippen molar-refractivity contribution in [3.63, 3.8) is 0 Å². The third-order valence-corrected chi connectivity index (χ3v) is 6.95. The Balaban J connectivity index is 0. The number of nitrogens with zero attached hydrogens (tertiary/aromatic N) is 1. The third kappa shape index (κ3) is 13.9. The molecule has 0 spiro atoms. The molecule has 0 unspecified atom stereocenters. The van der Waals surface area contributed by atoms with Crippen molar-refractivity contribution >= 4 is 35.9 Å². The molecule has 4 aliphatic heterocycles. The number of ketones is 1. The molecule has 4 saturated heterocycles. The van der Waals surface area contributed by atoms with Gasteiger partial charge in [0.1, 0.15) is 5.78 Å². The van der Waals surface area contributed by atoms with Gasteiger partial charge in [-0.15, -0.1) is 12.4 Å². The molecule has 8 nitrogen and oxygen atoms in total. The molecule has 0 saturated carbocycles. The first kappa shape index (κ1) is 41.3. The van der Waals surface area contributed by atoms with Crippen LogP contribution in [0.15, 0.2) is 48.7 Å². The van der Waals surface area contributed by atoms with Crippen LogP contribution in [-0.2, 0) is 19.2 Å². The molecular weight excluding hydrogens is 576 g/mol. The Hall–Kier alpha value is -2.71. The first-order valence-corrected chi connectivity index (χ1v) is 14.9. The minimum atomic E-state index is -0.139. The number of nitrogens with one attached hydrogen (secondary N) is 3. The maximum Gasteiger partial charge on any atom is 0.253 e. The quantitative estimate of drug-likeness (QED) is 0.277. The Morgan fingerprint density at radius 2 is 1.02 bits per heavy atom. The van der Waals surface area contributed by atoms with Gasteiger partial charge in [0.25, 0.3) is 5.91 Å². The predicted molar refractivity (Wildman–Crippen MR) is 186 cm³/mol. The van der Waals surface area contributed by atoms with Crippen LogP contribution in [0.4, 0.5) is 0 Å². The van der Waals surface area contributed by atoms with Crippen molar-refractivity contribution in [2.24, 2.45) is 0 Å². The standard InChI is InChI=1S/C10H15NO.C9H17NO.2C7H11NO.C2H6.ClH/c1-7(2)11-9(12)8(3)6-10(11,4)5;1-8(2)5-7(11)6-9(3,4)10-8;2*1-5-4-7(2,3)8-6(5)9;1-2;/h1,3,6H2,2,4-5H3;10H,5-6H2,1-4H3;2*1,4H2,2-3H3,(H,8,9);1-2H3;1H/i;;;;1D;. The topological polar surface area (TPSA) is 108 Å². The predicted octanol–water partition coefficient (Wildman–Crippen LogP) is 6.71. The van der Waals surface area contributed by atoms with Gasteiger partial charge in [-0.3, -0.25) is 19.2 Å². The van der Waals surface area contributed by atoms with Gasteiger partial charge in [-0.25, -0.2) is 0 Å². The lowest BCUT2D eigenvalue weighted by Gasteiger charge is -2.41. The van der Waals surface area contributed by atoms with Gasteiger partial charge >= 0.3 is 0 Å². The number of amides is 3. The van der Waals surface area contributed by atoms with E-state index in [1.165, 1.54) is 0 Å². The number of piperidine rings is 1. The van der Waals surface area contributed by atoms with E-state index < -0.39 is 0 Å². The average molecular weight is 638 g/mol. The zero-order valence-corrected chi connectivity index (χ0v) is 30.4. The second-order valence-electron chi connectivity index (χ2n) is 15.0. The highest BCUT2D eigenvalue weighted by Crippen LogP contribution is 2.34. The van der Waals surface area contributed by atoms with E-state index in [2.05, 4.69) is 70.0 Å². The summed E-state index contributed by atoms with van der Waals surface area (Å²) in [7, 11) is 0. The van der Waals surface area contributed by atoms with Crippen molar-refractivity contribution in [3.05, 3.63) is 48.7 Å². The lowest BCUT2D eigenvalue weighted by atomic mass is 9.82. The summed E-state index contributed by atoms with van der Waals surface area (Å²) in [5, 5.41) is 9.05. The second-order valence-corrected chi connectivity index (χ2v) is 15.0. The molecule has 0 bridgehead atoms. The molecule has 0 aromatic rings. The van der Waals surface area contributed by atoms with Gasteiger partial charge in [-0.05, 0) is 89.0 Å². The molecule has 9 heteroatoms. The monoisotopic (exact) mass is 637 g/mol. The fourth-order valence-electron chi connectivity index (χ4n) is 5.96. The van der Waals surface area contributed by atoms with E-state index >= 15 is 0 Å². The molecule has 0 aromatic carbocycles. The largest absolute Gasteiger partial charge is 0.347 e. The molecular formula is C35H61ClN4O4. The summed E-state index contributed by atoms with van der Waals surface area (Å²) in [5.41, 5.74) is 2.58. The van der Waals surface area contributed by atoms with E-state index in [9.17, 15) is 19.2 Å². The molecule has 44 heavy (non-hydrogen) atoms. The minimum absolute atomic E-state index is 0. The van der Waals surface area contributed by atoms with Gasteiger partial charge in [0.2, 0.25) is 11.8 Å². The lowest BCUT2D eigenvalue weighted by Crippen LogP contribution is -2.58. The number of likely N-dealkylation sites (tertiary alicyclic amines) is 1. The Kier molecular flexibility index (Phi) is 15.0. The number of allylic oxidation sites excluding steroid dienone is 1. The fraction of sp³-hybridized carbons (Fsp3) is 0.657. The number of halogens is 1. The van der Waals surface area contributed by atoms with E-state index in [0.717, 1.165) is 25.0 Å². The molecule has 0 aliphatic carbocycles. The number of hydrogen-bond donors (Lipinski definition) is 3. The molecule has 0 radical (unpaired) electrons. The Bertz CT molecular complexity index is 1070. The summed E-state index contributed by atoms with van der Waals surface area (Å²) in [6, 6.07) is 0. The zero-order chi connectivity index (χ0) is 35.1. The van der Waals surface area contributed by atoms with Gasteiger partial charge in [-0.1, -0.05) is 40.1 Å². The van der Waals surface area contributed by atoms with Crippen LogP contribution in [0, 0.1) is 0 Å². The van der Waals surface area contributed by atoms with E-state index in [4.69, 9.17) is 1.37 Å². The highest BCUT2D eigenvalue weighted by molar-refractivity contribution is 5.97. The van der Waals surface area contributed by atoms with Crippen LogP contribution in [0.25, 0.3) is 0 Å². The van der Waals surface area contributed by atoms with Crippen LogP contribution in [0.5, 0.6) is 0 Å². The SMILES string of the molecule is C=C1CC(C)(C)N(C(=C)C)C1=O.C=C1CC(C)(C)NC1=O.C=C1CC(C)(C)NC1=O.CC1(C)CC(=O)CC(C)(C)N1.Cl.[2H]CC. The van der Waals surface area contributed by atoms with Crippen LogP contribution in [0.1, 0.15) is 123 Å². The molecule has 4 aliphatic rings. The van der Waals surface area contributed by atoms with Crippen molar-refractivity contribution in [2.45, 2.75) is 150 Å². The first-order valence-electron chi connectivity index (χ1n) is 15.6.